The predicted molar refractivity (Wildman–Crippen MR) is 92.1 cm³/mol. The number of ether oxygens (including phenoxy) is 1. The van der Waals surface area contributed by atoms with Gasteiger partial charge >= 0.3 is 0 Å². The van der Waals surface area contributed by atoms with Gasteiger partial charge in [-0.25, -0.2) is 4.98 Å². The van der Waals surface area contributed by atoms with Crippen LogP contribution in [0.4, 0.5) is 11.8 Å². The molecule has 2 aromatic heterocycles. The van der Waals surface area contributed by atoms with E-state index in [0.717, 1.165) is 43.6 Å². The Balaban J connectivity index is 1.76. The molecular formula is C17H25N5O. The first kappa shape index (κ1) is 17.1. The van der Waals surface area contributed by atoms with Crippen molar-refractivity contribution in [1.29, 1.82) is 0 Å². The molecule has 0 atom stereocenters. The maximum absolute atomic E-state index is 5.75. The lowest BCUT2D eigenvalue weighted by Gasteiger charge is -2.11. The number of aromatic nitrogens is 3. The lowest BCUT2D eigenvalue weighted by molar-refractivity contribution is 0.118. The fourth-order valence-electron chi connectivity index (χ4n) is 2.17. The minimum absolute atomic E-state index is 0.283. The van der Waals surface area contributed by atoms with E-state index in [2.05, 4.69) is 27.2 Å². The fourth-order valence-corrected chi connectivity index (χ4v) is 2.17. The van der Waals surface area contributed by atoms with Gasteiger partial charge in [-0.1, -0.05) is 13.3 Å². The van der Waals surface area contributed by atoms with Crippen molar-refractivity contribution in [3.05, 3.63) is 41.9 Å². The summed E-state index contributed by atoms with van der Waals surface area (Å²) in [5.74, 6) is 1.06. The van der Waals surface area contributed by atoms with Crippen LogP contribution >= 0.6 is 0 Å². The van der Waals surface area contributed by atoms with Gasteiger partial charge in [0.05, 0.1) is 6.61 Å². The summed E-state index contributed by atoms with van der Waals surface area (Å²) in [6.07, 6.45) is 9.55. The van der Waals surface area contributed by atoms with Crippen LogP contribution in [0.25, 0.3) is 0 Å². The number of hydrogen-bond acceptors (Lipinski definition) is 6. The van der Waals surface area contributed by atoms with Gasteiger partial charge in [-0.2, -0.15) is 4.98 Å². The van der Waals surface area contributed by atoms with Crippen molar-refractivity contribution in [2.45, 2.75) is 39.2 Å². The number of nitrogen functional groups attached to an aromatic ring is 1. The third kappa shape index (κ3) is 6.20. The minimum atomic E-state index is 0.283. The summed E-state index contributed by atoms with van der Waals surface area (Å²) >= 11 is 0. The zero-order valence-electron chi connectivity index (χ0n) is 13.7. The Morgan fingerprint density at radius 3 is 2.83 bits per heavy atom. The largest absolute Gasteiger partial charge is 0.377 e. The van der Waals surface area contributed by atoms with Crippen LogP contribution in [0.15, 0.2) is 30.7 Å². The molecule has 0 bridgehead atoms. The van der Waals surface area contributed by atoms with Crippen molar-refractivity contribution in [3.63, 3.8) is 0 Å². The highest BCUT2D eigenvalue weighted by molar-refractivity contribution is 5.45. The molecule has 0 aliphatic carbocycles. The number of unbranched alkanes of at least 4 members (excludes halogenated alkanes) is 1. The molecule has 0 radical (unpaired) electrons. The first-order chi connectivity index (χ1) is 11.3. The van der Waals surface area contributed by atoms with Crippen molar-refractivity contribution in [2.24, 2.45) is 0 Å². The molecule has 0 amide bonds. The molecule has 0 saturated heterocycles. The second-order valence-corrected chi connectivity index (χ2v) is 5.39. The average Bonchev–Trinajstić information content (AvgIpc) is 2.57. The average molecular weight is 315 g/mol. The molecule has 2 heterocycles. The fraction of sp³-hybridized carbons (Fsp3) is 0.471. The van der Waals surface area contributed by atoms with E-state index in [0.29, 0.717) is 13.2 Å². The first-order valence-electron chi connectivity index (χ1n) is 8.11. The van der Waals surface area contributed by atoms with Crippen LogP contribution in [0, 0.1) is 0 Å². The van der Waals surface area contributed by atoms with Crippen LogP contribution in [0.2, 0.25) is 0 Å². The molecule has 2 aromatic rings. The number of nitrogens with zero attached hydrogens (tertiary/aromatic N) is 3. The Hall–Kier alpha value is -2.21. The molecule has 2 rings (SSSR count). The highest BCUT2D eigenvalue weighted by Gasteiger charge is 2.06. The Labute approximate surface area is 137 Å². The van der Waals surface area contributed by atoms with E-state index in [1.54, 1.807) is 6.20 Å². The maximum Gasteiger partial charge on any atom is 0.221 e. The van der Waals surface area contributed by atoms with E-state index in [-0.39, 0.29) is 5.95 Å². The maximum atomic E-state index is 5.75. The van der Waals surface area contributed by atoms with Gasteiger partial charge < -0.3 is 15.8 Å². The molecule has 3 N–H and O–H groups in total. The van der Waals surface area contributed by atoms with E-state index in [1.807, 2.05) is 24.5 Å². The zero-order valence-corrected chi connectivity index (χ0v) is 13.7. The summed E-state index contributed by atoms with van der Waals surface area (Å²) in [5, 5.41) is 3.30. The normalized spacial score (nSPS) is 10.7. The SMILES string of the molecule is CCCCNc1nc(N)ncc1COCCCc1ccncc1. The first-order valence-corrected chi connectivity index (χ1v) is 8.11. The lowest BCUT2D eigenvalue weighted by Crippen LogP contribution is -2.10. The van der Waals surface area contributed by atoms with Crippen LogP contribution < -0.4 is 11.1 Å². The van der Waals surface area contributed by atoms with Gasteiger partial charge in [-0.05, 0) is 37.0 Å². The highest BCUT2D eigenvalue weighted by Crippen LogP contribution is 2.14. The number of hydrogen-bond donors (Lipinski definition) is 2. The molecule has 0 saturated carbocycles. The van der Waals surface area contributed by atoms with E-state index in [4.69, 9.17) is 10.5 Å². The second-order valence-electron chi connectivity index (χ2n) is 5.39. The van der Waals surface area contributed by atoms with Gasteiger partial charge in [0.2, 0.25) is 5.95 Å². The van der Waals surface area contributed by atoms with E-state index in [1.165, 1.54) is 5.56 Å². The molecule has 0 aliphatic heterocycles. The monoisotopic (exact) mass is 315 g/mol. The quantitative estimate of drug-likeness (QED) is 0.656. The van der Waals surface area contributed by atoms with Gasteiger partial charge in [-0.3, -0.25) is 4.98 Å². The van der Waals surface area contributed by atoms with Crippen LogP contribution in [0.3, 0.4) is 0 Å². The summed E-state index contributed by atoms with van der Waals surface area (Å²) in [4.78, 5) is 12.3. The molecule has 0 fully saturated rings. The molecule has 0 spiro atoms. The van der Waals surface area contributed by atoms with Gasteiger partial charge in [0.15, 0.2) is 0 Å². The smallest absolute Gasteiger partial charge is 0.221 e. The van der Waals surface area contributed by atoms with E-state index >= 15 is 0 Å². The van der Waals surface area contributed by atoms with Crippen molar-refractivity contribution >= 4 is 11.8 Å². The second kappa shape index (κ2) is 9.74. The van der Waals surface area contributed by atoms with Crippen LogP contribution in [0.5, 0.6) is 0 Å². The zero-order chi connectivity index (χ0) is 16.3. The molecular weight excluding hydrogens is 290 g/mol. The molecule has 6 heteroatoms. The molecule has 0 unspecified atom stereocenters. The van der Waals surface area contributed by atoms with Gasteiger partial charge in [0, 0.05) is 37.3 Å². The Morgan fingerprint density at radius 2 is 2.04 bits per heavy atom. The van der Waals surface area contributed by atoms with E-state index < -0.39 is 0 Å². The minimum Gasteiger partial charge on any atom is -0.377 e. The lowest BCUT2D eigenvalue weighted by atomic mass is 10.1. The summed E-state index contributed by atoms with van der Waals surface area (Å²) in [6, 6.07) is 4.06. The Kier molecular flexibility index (Phi) is 7.26. The van der Waals surface area contributed by atoms with Crippen LogP contribution in [-0.4, -0.2) is 28.1 Å². The molecule has 6 nitrogen and oxygen atoms in total. The number of aryl methyl sites for hydroxylation is 1. The topological polar surface area (TPSA) is 86.0 Å². The molecule has 23 heavy (non-hydrogen) atoms. The predicted octanol–water partition coefficient (Wildman–Crippen LogP) is 2.82. The summed E-state index contributed by atoms with van der Waals surface area (Å²) < 4.78 is 5.75. The number of pyridine rings is 1. The molecule has 0 aliphatic rings. The van der Waals surface area contributed by atoms with Crippen LogP contribution in [-0.2, 0) is 17.8 Å². The third-order valence-electron chi connectivity index (χ3n) is 3.47. The molecule has 0 aromatic carbocycles. The van der Waals surface area contributed by atoms with Crippen molar-refractivity contribution in [2.75, 3.05) is 24.2 Å². The standard InChI is InChI=1S/C17H25N5O/c1-2-3-8-20-16-15(12-21-17(18)22-16)13-23-11-4-5-14-6-9-19-10-7-14/h6-7,9-10,12H,2-5,8,11,13H2,1H3,(H3,18,20,21,22). The number of anilines is 2. The number of rotatable bonds is 10. The molecule has 124 valence electrons. The number of nitrogens with one attached hydrogen (secondary N) is 1. The summed E-state index contributed by atoms with van der Waals surface area (Å²) in [5.41, 5.74) is 7.89. The third-order valence-corrected chi connectivity index (χ3v) is 3.47. The number of nitrogens with two attached hydrogens (primary N) is 1. The van der Waals surface area contributed by atoms with Gasteiger partial charge in [0.1, 0.15) is 5.82 Å². The Morgan fingerprint density at radius 1 is 1.22 bits per heavy atom. The van der Waals surface area contributed by atoms with Gasteiger partial charge in [-0.15, -0.1) is 0 Å². The van der Waals surface area contributed by atoms with Crippen molar-refractivity contribution < 1.29 is 4.74 Å². The Bertz CT molecular complexity index is 576. The summed E-state index contributed by atoms with van der Waals surface area (Å²) in [7, 11) is 0. The summed E-state index contributed by atoms with van der Waals surface area (Å²) in [6.45, 7) is 4.22. The highest BCUT2D eigenvalue weighted by atomic mass is 16.5. The van der Waals surface area contributed by atoms with Crippen molar-refractivity contribution in [3.8, 4) is 0 Å². The van der Waals surface area contributed by atoms with Gasteiger partial charge in [0.25, 0.3) is 0 Å². The van der Waals surface area contributed by atoms with Crippen molar-refractivity contribution in [1.82, 2.24) is 15.0 Å². The van der Waals surface area contributed by atoms with E-state index in [9.17, 15) is 0 Å². The van der Waals surface area contributed by atoms with Crippen LogP contribution in [0.1, 0.15) is 37.3 Å².